The predicted molar refractivity (Wildman–Crippen MR) is 98.2 cm³/mol. The van der Waals surface area contributed by atoms with Crippen LogP contribution < -0.4 is 0 Å². The van der Waals surface area contributed by atoms with Gasteiger partial charge in [0.25, 0.3) is 0 Å². The Labute approximate surface area is 158 Å². The SMILES string of the molecule is Cn1cc(C2=Nn3c(nnc3C(F)(F)c3ccc4ncccc4c3)CC2)cn1. The number of halogens is 2. The number of pyridine rings is 1. The van der Waals surface area contributed by atoms with Gasteiger partial charge in [-0.1, -0.05) is 12.1 Å². The molecule has 1 aromatic carbocycles. The largest absolute Gasteiger partial charge is 0.333 e. The van der Waals surface area contributed by atoms with Crippen molar-refractivity contribution in [2.75, 3.05) is 0 Å². The van der Waals surface area contributed by atoms with Gasteiger partial charge in [0.05, 0.1) is 17.4 Å². The molecular weight excluding hydrogens is 364 g/mol. The second-order valence-electron chi connectivity index (χ2n) is 6.69. The van der Waals surface area contributed by atoms with E-state index >= 15 is 8.78 Å². The summed E-state index contributed by atoms with van der Waals surface area (Å²) < 4.78 is 33.5. The van der Waals surface area contributed by atoms with Crippen molar-refractivity contribution in [2.45, 2.75) is 18.8 Å². The van der Waals surface area contributed by atoms with Crippen molar-refractivity contribution in [3.05, 3.63) is 71.7 Å². The van der Waals surface area contributed by atoms with E-state index in [9.17, 15) is 0 Å². The number of nitrogens with zero attached hydrogens (tertiary/aromatic N) is 7. The average Bonchev–Trinajstić information content (AvgIpc) is 3.33. The summed E-state index contributed by atoms with van der Waals surface area (Å²) >= 11 is 0. The normalized spacial score (nSPS) is 14.2. The van der Waals surface area contributed by atoms with E-state index in [1.54, 1.807) is 42.3 Å². The van der Waals surface area contributed by atoms with E-state index in [2.05, 4.69) is 25.4 Å². The molecule has 0 fully saturated rings. The molecule has 1 aliphatic heterocycles. The Morgan fingerprint density at radius 3 is 2.82 bits per heavy atom. The summed E-state index contributed by atoms with van der Waals surface area (Å²) in [5.41, 5.74) is 1.96. The van der Waals surface area contributed by atoms with E-state index in [4.69, 9.17) is 0 Å². The zero-order valence-corrected chi connectivity index (χ0v) is 14.9. The first-order chi connectivity index (χ1) is 13.5. The highest BCUT2D eigenvalue weighted by Gasteiger charge is 2.41. The van der Waals surface area contributed by atoms with Gasteiger partial charge in [-0.05, 0) is 24.6 Å². The Morgan fingerprint density at radius 2 is 2.00 bits per heavy atom. The lowest BCUT2D eigenvalue weighted by atomic mass is 10.0. The molecule has 0 unspecified atom stereocenters. The van der Waals surface area contributed by atoms with Crippen molar-refractivity contribution in [3.63, 3.8) is 0 Å². The number of rotatable bonds is 3. The molecule has 140 valence electrons. The van der Waals surface area contributed by atoms with Crippen molar-refractivity contribution in [1.29, 1.82) is 0 Å². The lowest BCUT2D eigenvalue weighted by Crippen LogP contribution is -2.23. The molecule has 0 spiro atoms. The monoisotopic (exact) mass is 379 g/mol. The van der Waals surface area contributed by atoms with Crippen LogP contribution >= 0.6 is 0 Å². The lowest BCUT2D eigenvalue weighted by molar-refractivity contribution is 0.0292. The fourth-order valence-corrected chi connectivity index (χ4v) is 3.34. The van der Waals surface area contributed by atoms with E-state index in [0.717, 1.165) is 5.56 Å². The van der Waals surface area contributed by atoms with Gasteiger partial charge in [0.15, 0.2) is 5.82 Å². The van der Waals surface area contributed by atoms with E-state index in [1.807, 2.05) is 6.20 Å². The van der Waals surface area contributed by atoms with Crippen molar-refractivity contribution in [1.82, 2.24) is 29.6 Å². The number of hydrogen-bond acceptors (Lipinski definition) is 5. The second-order valence-corrected chi connectivity index (χ2v) is 6.69. The van der Waals surface area contributed by atoms with E-state index in [0.29, 0.717) is 35.3 Å². The molecule has 0 saturated carbocycles. The molecule has 0 N–H and O–H groups in total. The number of hydrogen-bond donors (Lipinski definition) is 0. The highest BCUT2D eigenvalue weighted by molar-refractivity contribution is 6.00. The molecule has 0 aliphatic carbocycles. The van der Waals surface area contributed by atoms with Gasteiger partial charge in [0.2, 0.25) is 5.82 Å². The third-order valence-electron chi connectivity index (χ3n) is 4.80. The molecule has 28 heavy (non-hydrogen) atoms. The summed E-state index contributed by atoms with van der Waals surface area (Å²) in [6, 6.07) is 7.84. The summed E-state index contributed by atoms with van der Waals surface area (Å²) in [5, 5.41) is 16.9. The summed E-state index contributed by atoms with van der Waals surface area (Å²) in [4.78, 5) is 4.18. The zero-order valence-electron chi connectivity index (χ0n) is 14.9. The summed E-state index contributed by atoms with van der Waals surface area (Å²) in [5.74, 6) is -3.42. The molecule has 0 radical (unpaired) electrons. The molecule has 0 atom stereocenters. The zero-order chi connectivity index (χ0) is 19.3. The summed E-state index contributed by atoms with van der Waals surface area (Å²) in [7, 11) is 1.80. The second kappa shape index (κ2) is 6.01. The van der Waals surface area contributed by atoms with Gasteiger partial charge < -0.3 is 0 Å². The Bertz CT molecular complexity index is 1220. The van der Waals surface area contributed by atoms with E-state index in [1.165, 1.54) is 16.8 Å². The van der Waals surface area contributed by atoms with Gasteiger partial charge >= 0.3 is 5.92 Å². The number of alkyl halides is 2. The number of aromatic nitrogens is 6. The summed E-state index contributed by atoms with van der Waals surface area (Å²) in [6.07, 6.45) is 6.18. The fourth-order valence-electron chi connectivity index (χ4n) is 3.34. The van der Waals surface area contributed by atoms with E-state index in [-0.39, 0.29) is 5.56 Å². The van der Waals surface area contributed by atoms with E-state index < -0.39 is 11.7 Å². The maximum Gasteiger partial charge on any atom is 0.333 e. The first kappa shape index (κ1) is 16.7. The Morgan fingerprint density at radius 1 is 1.11 bits per heavy atom. The van der Waals surface area contributed by atoms with Gasteiger partial charge in [-0.25, -0.2) is 0 Å². The van der Waals surface area contributed by atoms with Gasteiger partial charge in [-0.3, -0.25) is 9.67 Å². The Kier molecular flexibility index (Phi) is 3.58. The average molecular weight is 379 g/mol. The maximum atomic E-state index is 15.3. The van der Waals surface area contributed by atoms with Crippen LogP contribution in [-0.4, -0.2) is 35.3 Å². The minimum atomic E-state index is -3.35. The molecule has 0 amide bonds. The molecule has 4 aromatic rings. The summed E-state index contributed by atoms with van der Waals surface area (Å²) in [6.45, 7) is 0. The molecule has 4 heterocycles. The van der Waals surface area contributed by atoms with Gasteiger partial charge in [-0.15, -0.1) is 10.2 Å². The third kappa shape index (κ3) is 2.58. The Balaban J connectivity index is 1.60. The van der Waals surface area contributed by atoms with Crippen LogP contribution in [0, 0.1) is 0 Å². The minimum absolute atomic E-state index is 0.174. The molecule has 9 heteroatoms. The highest BCUT2D eigenvalue weighted by Crippen LogP contribution is 2.36. The smallest absolute Gasteiger partial charge is 0.275 e. The molecule has 0 saturated heterocycles. The highest BCUT2D eigenvalue weighted by atomic mass is 19.3. The standard InChI is InChI=1S/C19H15F2N7/c1-27-11-13(10-23-27)16-6-7-17-24-25-18(28(17)26-16)19(20,21)14-4-5-15-12(9-14)3-2-8-22-15/h2-5,8-11H,6-7H2,1H3. The molecular formula is C19H15F2N7. The fraction of sp³-hybridized carbons (Fsp3) is 0.211. The van der Waals surface area contributed by atoms with Crippen LogP contribution in [0.1, 0.15) is 29.2 Å². The van der Waals surface area contributed by atoms with Crippen molar-refractivity contribution >= 4 is 16.6 Å². The lowest BCUT2D eigenvalue weighted by Gasteiger charge is -2.19. The first-order valence-electron chi connectivity index (χ1n) is 8.77. The first-order valence-corrected chi connectivity index (χ1v) is 8.77. The molecule has 1 aliphatic rings. The van der Waals surface area contributed by atoms with Crippen LogP contribution in [0.4, 0.5) is 8.78 Å². The minimum Gasteiger partial charge on any atom is -0.275 e. The molecule has 5 rings (SSSR count). The molecule has 3 aromatic heterocycles. The third-order valence-corrected chi connectivity index (χ3v) is 4.80. The topological polar surface area (TPSA) is 73.8 Å². The quantitative estimate of drug-likeness (QED) is 0.549. The van der Waals surface area contributed by atoms with Gasteiger partial charge in [-0.2, -0.15) is 23.7 Å². The molecule has 7 nitrogen and oxygen atoms in total. The number of aryl methyl sites for hydroxylation is 2. The van der Waals surface area contributed by atoms with Crippen molar-refractivity contribution in [2.24, 2.45) is 12.1 Å². The number of benzene rings is 1. The number of fused-ring (bicyclic) bond motifs is 2. The van der Waals surface area contributed by atoms with Gasteiger partial charge in [0, 0.05) is 42.4 Å². The maximum absolute atomic E-state index is 15.3. The predicted octanol–water partition coefficient (Wildman–Crippen LogP) is 2.90. The van der Waals surface area contributed by atoms with Crippen LogP contribution in [0.5, 0.6) is 0 Å². The van der Waals surface area contributed by atoms with Crippen molar-refractivity contribution < 1.29 is 8.78 Å². The van der Waals surface area contributed by atoms with Crippen LogP contribution in [-0.2, 0) is 19.4 Å². The van der Waals surface area contributed by atoms with Crippen molar-refractivity contribution in [3.8, 4) is 0 Å². The van der Waals surface area contributed by atoms with Gasteiger partial charge in [0.1, 0.15) is 0 Å². The van der Waals surface area contributed by atoms with Crippen LogP contribution in [0.2, 0.25) is 0 Å². The van der Waals surface area contributed by atoms with Crippen LogP contribution in [0.25, 0.3) is 10.9 Å². The van der Waals surface area contributed by atoms with Crippen LogP contribution in [0.3, 0.4) is 0 Å². The molecule has 0 bridgehead atoms. The van der Waals surface area contributed by atoms with Crippen LogP contribution in [0.15, 0.2) is 54.0 Å². The Hall–Kier alpha value is -3.49.